The van der Waals surface area contributed by atoms with Crippen LogP contribution in [0.5, 0.6) is 0 Å². The summed E-state index contributed by atoms with van der Waals surface area (Å²) in [6.45, 7) is 5.52. The van der Waals surface area contributed by atoms with E-state index in [-0.39, 0.29) is 0 Å². The van der Waals surface area contributed by atoms with Gasteiger partial charge in [-0.15, -0.1) is 0 Å². The number of hydrogen-bond acceptors (Lipinski definition) is 1. The predicted octanol–water partition coefficient (Wildman–Crippen LogP) is 2.97. The highest BCUT2D eigenvalue weighted by atomic mass is 14.8. The fourth-order valence-corrected chi connectivity index (χ4v) is 2.26. The summed E-state index contributed by atoms with van der Waals surface area (Å²) in [6.07, 6.45) is 5.38. The average Bonchev–Trinajstić information content (AvgIpc) is 2.47. The summed E-state index contributed by atoms with van der Waals surface area (Å²) in [5, 5.41) is 0. The smallest absolute Gasteiger partial charge is 0.0609 e. The van der Waals surface area contributed by atoms with Crippen LogP contribution in [0.2, 0.25) is 0 Å². The molecule has 0 aromatic rings. The van der Waals surface area contributed by atoms with Crippen LogP contribution in [-0.2, 0) is 0 Å². The van der Waals surface area contributed by atoms with E-state index in [1.807, 2.05) is 0 Å². The molecule has 0 N–H and O–H groups in total. The Morgan fingerprint density at radius 2 is 1.92 bits per heavy atom. The number of allylic oxidation sites excluding steroid dienone is 1. The standard InChI is InChI=1S/C11H17N/c1-8(2)11-10-6-4-3-5-9(10)7-12-11/h8H,3-7H2,1-2H3. The number of hydrogen-bond donors (Lipinski definition) is 0. The van der Waals surface area contributed by atoms with Crippen molar-refractivity contribution in [3.05, 3.63) is 11.1 Å². The van der Waals surface area contributed by atoms with E-state index in [1.165, 1.54) is 31.4 Å². The molecule has 0 saturated heterocycles. The van der Waals surface area contributed by atoms with Crippen molar-refractivity contribution in [1.29, 1.82) is 0 Å². The first-order valence-electron chi connectivity index (χ1n) is 5.04. The van der Waals surface area contributed by atoms with E-state index in [4.69, 9.17) is 0 Å². The molecule has 66 valence electrons. The van der Waals surface area contributed by atoms with E-state index in [1.54, 1.807) is 11.1 Å². The SMILES string of the molecule is CC(C)C1=NCC2=C1CCCC2. The van der Waals surface area contributed by atoms with Gasteiger partial charge in [0.1, 0.15) is 0 Å². The van der Waals surface area contributed by atoms with Gasteiger partial charge in [0.25, 0.3) is 0 Å². The summed E-state index contributed by atoms with van der Waals surface area (Å²) in [5.41, 5.74) is 4.67. The van der Waals surface area contributed by atoms with Crippen LogP contribution in [0, 0.1) is 5.92 Å². The van der Waals surface area contributed by atoms with Crippen LogP contribution in [0.15, 0.2) is 16.1 Å². The third-order valence-corrected chi connectivity index (χ3v) is 2.88. The Labute approximate surface area is 74.6 Å². The van der Waals surface area contributed by atoms with Crippen LogP contribution in [0.4, 0.5) is 0 Å². The van der Waals surface area contributed by atoms with Crippen molar-refractivity contribution >= 4 is 5.71 Å². The van der Waals surface area contributed by atoms with Crippen LogP contribution in [-0.4, -0.2) is 12.3 Å². The van der Waals surface area contributed by atoms with Gasteiger partial charge in [-0.05, 0) is 42.7 Å². The van der Waals surface area contributed by atoms with E-state index < -0.39 is 0 Å². The Morgan fingerprint density at radius 1 is 1.17 bits per heavy atom. The van der Waals surface area contributed by atoms with Crippen molar-refractivity contribution in [2.75, 3.05) is 6.54 Å². The molecule has 0 saturated carbocycles. The Hall–Kier alpha value is -0.590. The lowest BCUT2D eigenvalue weighted by Crippen LogP contribution is -2.10. The van der Waals surface area contributed by atoms with Gasteiger partial charge < -0.3 is 0 Å². The molecule has 1 heteroatoms. The second-order valence-corrected chi connectivity index (χ2v) is 4.15. The molecule has 0 spiro atoms. The fourth-order valence-electron chi connectivity index (χ4n) is 2.26. The molecule has 0 aromatic heterocycles. The van der Waals surface area contributed by atoms with Crippen molar-refractivity contribution < 1.29 is 0 Å². The lowest BCUT2D eigenvalue weighted by Gasteiger charge is -2.16. The zero-order valence-corrected chi connectivity index (χ0v) is 8.06. The molecule has 1 aliphatic carbocycles. The molecule has 0 unspecified atom stereocenters. The van der Waals surface area contributed by atoms with Gasteiger partial charge in [0.2, 0.25) is 0 Å². The second-order valence-electron chi connectivity index (χ2n) is 4.15. The third kappa shape index (κ3) is 1.21. The Morgan fingerprint density at radius 3 is 2.67 bits per heavy atom. The van der Waals surface area contributed by atoms with Gasteiger partial charge in [0.15, 0.2) is 0 Å². The van der Waals surface area contributed by atoms with E-state index in [2.05, 4.69) is 18.8 Å². The van der Waals surface area contributed by atoms with Gasteiger partial charge in [-0.1, -0.05) is 13.8 Å². The highest BCUT2D eigenvalue weighted by molar-refractivity contribution is 6.04. The minimum atomic E-state index is 0.635. The maximum Gasteiger partial charge on any atom is 0.0609 e. The summed E-state index contributed by atoms with van der Waals surface area (Å²) in [6, 6.07) is 0. The first-order chi connectivity index (χ1) is 5.79. The maximum absolute atomic E-state index is 4.62. The van der Waals surface area contributed by atoms with Crippen molar-refractivity contribution in [3.63, 3.8) is 0 Å². The summed E-state index contributed by atoms with van der Waals surface area (Å²) in [7, 11) is 0. The van der Waals surface area contributed by atoms with Crippen LogP contribution in [0.25, 0.3) is 0 Å². The Bertz CT molecular complexity index is 246. The minimum absolute atomic E-state index is 0.635. The normalized spacial score (nSPS) is 23.1. The molecule has 2 rings (SSSR count). The first kappa shape index (κ1) is 8.03. The summed E-state index contributed by atoms with van der Waals surface area (Å²) < 4.78 is 0. The molecular weight excluding hydrogens is 146 g/mol. The molecule has 12 heavy (non-hydrogen) atoms. The van der Waals surface area contributed by atoms with Crippen molar-refractivity contribution in [1.82, 2.24) is 0 Å². The van der Waals surface area contributed by atoms with Gasteiger partial charge >= 0.3 is 0 Å². The maximum atomic E-state index is 4.62. The molecule has 1 aliphatic heterocycles. The molecule has 1 nitrogen and oxygen atoms in total. The Kier molecular flexibility index (Phi) is 2.03. The first-order valence-corrected chi connectivity index (χ1v) is 5.04. The van der Waals surface area contributed by atoms with E-state index >= 15 is 0 Å². The zero-order chi connectivity index (χ0) is 8.55. The number of rotatable bonds is 1. The van der Waals surface area contributed by atoms with Gasteiger partial charge in [-0.25, -0.2) is 0 Å². The van der Waals surface area contributed by atoms with Gasteiger partial charge in [-0.3, -0.25) is 4.99 Å². The zero-order valence-electron chi connectivity index (χ0n) is 8.06. The van der Waals surface area contributed by atoms with Gasteiger partial charge in [0.05, 0.1) is 6.54 Å². The summed E-state index contributed by atoms with van der Waals surface area (Å²) in [5.74, 6) is 0.635. The molecule has 0 atom stereocenters. The predicted molar refractivity (Wildman–Crippen MR) is 52.6 cm³/mol. The van der Waals surface area contributed by atoms with Crippen LogP contribution >= 0.6 is 0 Å². The highest BCUT2D eigenvalue weighted by Gasteiger charge is 2.23. The highest BCUT2D eigenvalue weighted by Crippen LogP contribution is 2.31. The molecule has 0 radical (unpaired) electrons. The fraction of sp³-hybridized carbons (Fsp3) is 0.727. The molecule has 2 aliphatic rings. The molecule has 1 heterocycles. The van der Waals surface area contributed by atoms with Crippen LogP contribution in [0.3, 0.4) is 0 Å². The lowest BCUT2D eigenvalue weighted by molar-refractivity contribution is 0.684. The van der Waals surface area contributed by atoms with Crippen LogP contribution in [0.1, 0.15) is 39.5 Å². The van der Waals surface area contributed by atoms with Gasteiger partial charge in [0, 0.05) is 5.71 Å². The monoisotopic (exact) mass is 163 g/mol. The lowest BCUT2D eigenvalue weighted by atomic mass is 9.88. The molecule has 0 aromatic carbocycles. The Balaban J connectivity index is 2.23. The summed E-state index contributed by atoms with van der Waals surface area (Å²) >= 11 is 0. The largest absolute Gasteiger partial charge is 0.285 e. The van der Waals surface area contributed by atoms with Crippen molar-refractivity contribution in [2.24, 2.45) is 10.9 Å². The van der Waals surface area contributed by atoms with E-state index in [0.717, 1.165) is 6.54 Å². The number of aliphatic imine (C=N–C) groups is 1. The number of nitrogens with zero attached hydrogens (tertiary/aromatic N) is 1. The van der Waals surface area contributed by atoms with Gasteiger partial charge in [-0.2, -0.15) is 0 Å². The van der Waals surface area contributed by atoms with E-state index in [9.17, 15) is 0 Å². The summed E-state index contributed by atoms with van der Waals surface area (Å²) in [4.78, 5) is 4.62. The van der Waals surface area contributed by atoms with Crippen LogP contribution < -0.4 is 0 Å². The topological polar surface area (TPSA) is 12.4 Å². The quantitative estimate of drug-likeness (QED) is 0.563. The molecule has 0 fully saturated rings. The second kappa shape index (κ2) is 3.04. The van der Waals surface area contributed by atoms with Crippen molar-refractivity contribution in [3.8, 4) is 0 Å². The van der Waals surface area contributed by atoms with Crippen molar-refractivity contribution in [2.45, 2.75) is 39.5 Å². The minimum Gasteiger partial charge on any atom is -0.285 e. The van der Waals surface area contributed by atoms with E-state index in [0.29, 0.717) is 5.92 Å². The molecule has 0 amide bonds. The average molecular weight is 163 g/mol. The third-order valence-electron chi connectivity index (χ3n) is 2.88. The molecular formula is C11H17N. The molecule has 0 bridgehead atoms.